The molecular weight excluding hydrogens is 220 g/mol. The van der Waals surface area contributed by atoms with E-state index in [-0.39, 0.29) is 10.8 Å². The average molecular weight is 244 g/mol. The van der Waals surface area contributed by atoms with Gasteiger partial charge in [0.1, 0.15) is 6.29 Å². The molecule has 1 aromatic carbocycles. The second kappa shape index (κ2) is 4.53. The smallest absolute Gasteiger partial charge is 0.120 e. The fourth-order valence-electron chi connectivity index (χ4n) is 3.02. The summed E-state index contributed by atoms with van der Waals surface area (Å²) in [5.74, 6) is 0. The molecule has 0 fully saturated rings. The number of hydrogen-bond acceptors (Lipinski definition) is 1. The zero-order valence-corrected chi connectivity index (χ0v) is 12.0. The Balaban J connectivity index is 2.44. The van der Waals surface area contributed by atoms with E-state index in [0.29, 0.717) is 6.42 Å². The van der Waals surface area contributed by atoms with E-state index in [1.54, 1.807) is 0 Å². The SMILES string of the molecule is CC1(C)CCC(C)(C)c2cc(CCC=O)ccc21. The van der Waals surface area contributed by atoms with Crippen LogP contribution in [0.1, 0.15) is 63.6 Å². The van der Waals surface area contributed by atoms with Crippen LogP contribution in [0.5, 0.6) is 0 Å². The predicted molar refractivity (Wildman–Crippen MR) is 76.1 cm³/mol. The number of aryl methyl sites for hydroxylation is 1. The van der Waals surface area contributed by atoms with Gasteiger partial charge in [-0.1, -0.05) is 45.9 Å². The van der Waals surface area contributed by atoms with Gasteiger partial charge in [0, 0.05) is 6.42 Å². The number of fused-ring (bicyclic) bond motifs is 1. The summed E-state index contributed by atoms with van der Waals surface area (Å²) in [4.78, 5) is 10.5. The molecule has 0 bridgehead atoms. The summed E-state index contributed by atoms with van der Waals surface area (Å²) in [7, 11) is 0. The summed E-state index contributed by atoms with van der Waals surface area (Å²) in [5, 5.41) is 0. The summed E-state index contributed by atoms with van der Waals surface area (Å²) >= 11 is 0. The maximum absolute atomic E-state index is 10.5. The minimum atomic E-state index is 0.266. The normalized spacial score (nSPS) is 20.2. The molecule has 98 valence electrons. The fraction of sp³-hybridized carbons (Fsp3) is 0.588. The van der Waals surface area contributed by atoms with Crippen LogP contribution in [0, 0.1) is 0 Å². The van der Waals surface area contributed by atoms with Gasteiger partial charge >= 0.3 is 0 Å². The minimum absolute atomic E-state index is 0.266. The molecule has 1 aliphatic rings. The van der Waals surface area contributed by atoms with Gasteiger partial charge in [0.05, 0.1) is 0 Å². The van der Waals surface area contributed by atoms with E-state index in [1.807, 2.05) is 0 Å². The van der Waals surface area contributed by atoms with Gasteiger partial charge in [-0.25, -0.2) is 0 Å². The number of carbonyl (C=O) groups is 1. The summed E-state index contributed by atoms with van der Waals surface area (Å²) in [5.41, 5.74) is 4.83. The number of carbonyl (C=O) groups excluding carboxylic acids is 1. The topological polar surface area (TPSA) is 17.1 Å². The van der Waals surface area contributed by atoms with Crippen molar-refractivity contribution in [1.82, 2.24) is 0 Å². The van der Waals surface area contributed by atoms with E-state index >= 15 is 0 Å². The zero-order chi connectivity index (χ0) is 13.4. The Morgan fingerprint density at radius 1 is 1.06 bits per heavy atom. The van der Waals surface area contributed by atoms with Gasteiger partial charge in [0.25, 0.3) is 0 Å². The Labute approximate surface area is 111 Å². The molecule has 1 aliphatic carbocycles. The van der Waals surface area contributed by atoms with Crippen molar-refractivity contribution in [2.75, 3.05) is 0 Å². The van der Waals surface area contributed by atoms with Gasteiger partial charge in [-0.2, -0.15) is 0 Å². The van der Waals surface area contributed by atoms with E-state index < -0.39 is 0 Å². The van der Waals surface area contributed by atoms with Crippen LogP contribution in [-0.4, -0.2) is 6.29 Å². The third kappa shape index (κ3) is 2.36. The Hall–Kier alpha value is -1.11. The standard InChI is InChI=1S/C17H24O/c1-16(2)9-10-17(3,4)15-12-13(6-5-11-18)7-8-14(15)16/h7-8,11-12H,5-6,9-10H2,1-4H3. The Bertz CT molecular complexity index is 455. The number of benzene rings is 1. The third-order valence-electron chi connectivity index (χ3n) is 4.47. The molecule has 0 saturated heterocycles. The largest absolute Gasteiger partial charge is 0.303 e. The monoisotopic (exact) mass is 244 g/mol. The molecule has 1 nitrogen and oxygen atoms in total. The summed E-state index contributed by atoms with van der Waals surface area (Å²) in [6.45, 7) is 9.35. The van der Waals surface area contributed by atoms with E-state index in [9.17, 15) is 4.79 Å². The van der Waals surface area contributed by atoms with Crippen molar-refractivity contribution in [1.29, 1.82) is 0 Å². The highest BCUT2D eigenvalue weighted by atomic mass is 16.1. The number of rotatable bonds is 3. The molecule has 0 saturated carbocycles. The van der Waals surface area contributed by atoms with Crippen LogP contribution in [0.15, 0.2) is 18.2 Å². The molecule has 0 radical (unpaired) electrons. The van der Waals surface area contributed by atoms with Crippen LogP contribution < -0.4 is 0 Å². The van der Waals surface area contributed by atoms with Gasteiger partial charge in [-0.3, -0.25) is 0 Å². The van der Waals surface area contributed by atoms with Crippen molar-refractivity contribution >= 4 is 6.29 Å². The average Bonchev–Trinajstić information content (AvgIpc) is 2.32. The zero-order valence-electron chi connectivity index (χ0n) is 12.0. The van der Waals surface area contributed by atoms with Crippen molar-refractivity contribution in [3.8, 4) is 0 Å². The highest BCUT2D eigenvalue weighted by Gasteiger charge is 2.36. The van der Waals surface area contributed by atoms with Crippen molar-refractivity contribution < 1.29 is 4.79 Å². The van der Waals surface area contributed by atoms with Crippen LogP contribution in [0.2, 0.25) is 0 Å². The molecule has 0 aromatic heterocycles. The molecular formula is C17H24O. The highest BCUT2D eigenvalue weighted by molar-refractivity contribution is 5.51. The maximum Gasteiger partial charge on any atom is 0.120 e. The molecule has 0 heterocycles. The molecule has 0 N–H and O–H groups in total. The molecule has 1 heteroatoms. The van der Waals surface area contributed by atoms with Gasteiger partial charge in [0.15, 0.2) is 0 Å². The second-order valence-corrected chi connectivity index (χ2v) is 6.85. The molecule has 0 unspecified atom stereocenters. The molecule has 0 spiro atoms. The lowest BCUT2D eigenvalue weighted by molar-refractivity contribution is -0.107. The van der Waals surface area contributed by atoms with Crippen molar-refractivity contribution in [2.45, 2.75) is 64.2 Å². The molecule has 0 aliphatic heterocycles. The van der Waals surface area contributed by atoms with E-state index in [0.717, 1.165) is 12.7 Å². The number of hydrogen-bond donors (Lipinski definition) is 0. The Morgan fingerprint density at radius 3 is 2.28 bits per heavy atom. The van der Waals surface area contributed by atoms with Crippen LogP contribution in [0.3, 0.4) is 0 Å². The number of aldehydes is 1. The molecule has 1 aromatic rings. The third-order valence-corrected chi connectivity index (χ3v) is 4.47. The van der Waals surface area contributed by atoms with Crippen molar-refractivity contribution in [2.24, 2.45) is 0 Å². The maximum atomic E-state index is 10.5. The predicted octanol–water partition coefficient (Wildman–Crippen LogP) is 4.17. The summed E-state index contributed by atoms with van der Waals surface area (Å²) in [6, 6.07) is 6.82. The van der Waals surface area contributed by atoms with Crippen molar-refractivity contribution in [3.05, 3.63) is 34.9 Å². The first kappa shape index (κ1) is 13.3. The Kier molecular flexibility index (Phi) is 3.35. The van der Waals surface area contributed by atoms with E-state index in [4.69, 9.17) is 0 Å². The molecule has 0 amide bonds. The lowest BCUT2D eigenvalue weighted by Gasteiger charge is -2.42. The van der Waals surface area contributed by atoms with Crippen LogP contribution in [0.4, 0.5) is 0 Å². The van der Waals surface area contributed by atoms with Gasteiger partial charge in [0.2, 0.25) is 0 Å². The van der Waals surface area contributed by atoms with Crippen LogP contribution in [0.25, 0.3) is 0 Å². The first-order valence-corrected chi connectivity index (χ1v) is 6.94. The summed E-state index contributed by atoms with van der Waals surface area (Å²) in [6.07, 6.45) is 5.00. The minimum Gasteiger partial charge on any atom is -0.303 e. The van der Waals surface area contributed by atoms with Gasteiger partial charge in [-0.15, -0.1) is 0 Å². The fourth-order valence-corrected chi connectivity index (χ4v) is 3.02. The highest BCUT2D eigenvalue weighted by Crippen LogP contribution is 2.45. The molecule has 0 atom stereocenters. The second-order valence-electron chi connectivity index (χ2n) is 6.85. The van der Waals surface area contributed by atoms with E-state index in [2.05, 4.69) is 45.9 Å². The van der Waals surface area contributed by atoms with Crippen molar-refractivity contribution in [3.63, 3.8) is 0 Å². The lowest BCUT2D eigenvalue weighted by Crippen LogP contribution is -2.33. The Morgan fingerprint density at radius 2 is 1.67 bits per heavy atom. The first-order valence-electron chi connectivity index (χ1n) is 6.94. The van der Waals surface area contributed by atoms with E-state index in [1.165, 1.54) is 29.5 Å². The first-order chi connectivity index (χ1) is 8.37. The van der Waals surface area contributed by atoms with Crippen LogP contribution in [-0.2, 0) is 22.0 Å². The molecule has 18 heavy (non-hydrogen) atoms. The quantitative estimate of drug-likeness (QED) is 0.729. The van der Waals surface area contributed by atoms with Gasteiger partial charge in [-0.05, 0) is 46.8 Å². The van der Waals surface area contributed by atoms with Gasteiger partial charge < -0.3 is 4.79 Å². The van der Waals surface area contributed by atoms with Crippen LogP contribution >= 0.6 is 0 Å². The lowest BCUT2D eigenvalue weighted by atomic mass is 9.63. The molecule has 2 rings (SSSR count). The summed E-state index contributed by atoms with van der Waals surface area (Å²) < 4.78 is 0.